The molecule has 0 unspecified atom stereocenters. The Hall–Kier alpha value is -1.08. The van der Waals surface area contributed by atoms with Crippen molar-refractivity contribution in [1.82, 2.24) is 0 Å². The standard InChI is InChI=1S/C3H5.2C2HF3O2.Pd/c1-3-2;2*3-2(4,5)1(6)7;/h3H,1-2H2;2*(H,6,7);. The Morgan fingerprint density at radius 1 is 1.00 bits per heavy atom. The zero-order valence-electron chi connectivity index (χ0n) is 8.29. The minimum Gasteiger partial charge on any atom is -0.475 e. The molecule has 0 heterocycles. The molecule has 4 nitrogen and oxygen atoms in total. The number of aliphatic carboxylic acids is 2. The molecule has 0 saturated carbocycles. The second-order valence-electron chi connectivity index (χ2n) is 2.02. The topological polar surface area (TPSA) is 74.6 Å². The Morgan fingerprint density at radius 2 is 1.11 bits per heavy atom. The fourth-order valence-electron chi connectivity index (χ4n) is 0. The molecule has 0 aliphatic carbocycles. The van der Waals surface area contributed by atoms with Crippen molar-refractivity contribution >= 4 is 11.9 Å². The molecule has 0 aromatic rings. The molecule has 2 N–H and O–H groups in total. The second-order valence-corrected chi connectivity index (χ2v) is 2.66. The van der Waals surface area contributed by atoms with Gasteiger partial charge in [-0.3, -0.25) is 0 Å². The number of carbonyl (C=O) groups is 2. The first-order valence-corrected chi connectivity index (χ1v) is 4.63. The van der Waals surface area contributed by atoms with E-state index in [1.807, 2.05) is 6.08 Å². The monoisotopic (exact) mass is 375 g/mol. The van der Waals surface area contributed by atoms with Crippen molar-refractivity contribution in [1.29, 1.82) is 0 Å². The van der Waals surface area contributed by atoms with Crippen LogP contribution in [-0.4, -0.2) is 34.5 Å². The van der Waals surface area contributed by atoms with Crippen LogP contribution in [0, 0.1) is 0 Å². The first-order chi connectivity index (χ1) is 7.80. The molecular weight excluding hydrogens is 368 g/mol. The molecule has 0 aliphatic rings. The molecule has 0 atom stereocenters. The number of carboxylic acids is 2. The van der Waals surface area contributed by atoms with E-state index in [2.05, 4.69) is 25.8 Å². The minimum absolute atomic E-state index is 0.933. The van der Waals surface area contributed by atoms with E-state index >= 15 is 0 Å². The van der Waals surface area contributed by atoms with Crippen LogP contribution in [0.2, 0.25) is 4.89 Å². The van der Waals surface area contributed by atoms with Gasteiger partial charge in [0.1, 0.15) is 0 Å². The summed E-state index contributed by atoms with van der Waals surface area (Å²) in [5, 5.41) is 14.2. The van der Waals surface area contributed by atoms with Gasteiger partial charge in [0.2, 0.25) is 0 Å². The summed E-state index contributed by atoms with van der Waals surface area (Å²) in [5.41, 5.74) is 0. The summed E-state index contributed by atoms with van der Waals surface area (Å²) in [4.78, 5) is 18.7. The van der Waals surface area contributed by atoms with E-state index in [9.17, 15) is 26.3 Å². The zero-order chi connectivity index (χ0) is 15.6. The third-order valence-corrected chi connectivity index (χ3v) is 1.03. The Morgan fingerprint density at radius 3 is 1.11 bits per heavy atom. The Kier molecular flexibility index (Phi) is 12.2. The summed E-state index contributed by atoms with van der Waals surface area (Å²) in [5.74, 6) is -5.51. The van der Waals surface area contributed by atoms with Crippen LogP contribution in [0.5, 0.6) is 0 Å². The number of carboxylic acid groups (broad SMARTS) is 2. The maximum absolute atomic E-state index is 10.6. The van der Waals surface area contributed by atoms with E-state index in [1.165, 1.54) is 0 Å². The van der Waals surface area contributed by atoms with Crippen molar-refractivity contribution in [3.8, 4) is 0 Å². The maximum atomic E-state index is 10.6. The molecule has 0 rings (SSSR count). The van der Waals surface area contributed by atoms with Crippen molar-refractivity contribution < 1.29 is 65.3 Å². The molecule has 18 heavy (non-hydrogen) atoms. The van der Waals surface area contributed by atoms with Crippen LogP contribution in [0.1, 0.15) is 0 Å². The molecular formula is C7H7F6O4Pd. The van der Waals surface area contributed by atoms with Crippen LogP contribution < -0.4 is 0 Å². The Bertz CT molecular complexity index is 248. The summed E-state index contributed by atoms with van der Waals surface area (Å²) < 4.78 is 63.5. The fourth-order valence-corrected chi connectivity index (χ4v) is 0. The molecule has 0 radical (unpaired) electrons. The summed E-state index contributed by atoms with van der Waals surface area (Å²) >= 11 is 2.92. The quantitative estimate of drug-likeness (QED) is 0.419. The third-order valence-electron chi connectivity index (χ3n) is 0.576. The van der Waals surface area contributed by atoms with Gasteiger partial charge in [-0.05, 0) is 0 Å². The normalized spacial score (nSPS) is 10.2. The first-order valence-electron chi connectivity index (χ1n) is 3.53. The SMILES string of the molecule is C=C[CH2][Pd].O=C(O)C(F)(F)F.O=C(O)C(F)(F)F. The largest absolute Gasteiger partial charge is 0.490 e. The second kappa shape index (κ2) is 9.90. The van der Waals surface area contributed by atoms with E-state index in [-0.39, 0.29) is 0 Å². The van der Waals surface area contributed by atoms with Crippen molar-refractivity contribution in [2.24, 2.45) is 0 Å². The fraction of sp³-hybridized carbons (Fsp3) is 0.429. The van der Waals surface area contributed by atoms with Gasteiger partial charge in [-0.1, -0.05) is 0 Å². The summed E-state index contributed by atoms with van der Waals surface area (Å²) in [7, 11) is 0. The first kappa shape index (κ1) is 22.1. The van der Waals surface area contributed by atoms with Crippen LogP contribution in [-0.2, 0) is 28.8 Å². The van der Waals surface area contributed by atoms with Gasteiger partial charge in [-0.25, -0.2) is 9.59 Å². The smallest absolute Gasteiger partial charge is 0.475 e. The van der Waals surface area contributed by atoms with Crippen LogP contribution in [0.3, 0.4) is 0 Å². The molecule has 0 spiro atoms. The van der Waals surface area contributed by atoms with Gasteiger partial charge in [-0.2, -0.15) is 26.3 Å². The number of hydrogen-bond donors (Lipinski definition) is 2. The van der Waals surface area contributed by atoms with Gasteiger partial charge in [0, 0.05) is 0 Å². The summed E-state index contributed by atoms with van der Waals surface area (Å²) in [6.45, 7) is 3.44. The van der Waals surface area contributed by atoms with Gasteiger partial charge < -0.3 is 10.2 Å². The molecule has 0 amide bonds. The van der Waals surface area contributed by atoms with E-state index in [1.54, 1.807) is 0 Å². The van der Waals surface area contributed by atoms with Crippen LogP contribution in [0.4, 0.5) is 26.3 Å². The van der Waals surface area contributed by atoms with E-state index in [0.717, 1.165) is 4.89 Å². The van der Waals surface area contributed by atoms with E-state index in [0.29, 0.717) is 0 Å². The van der Waals surface area contributed by atoms with Gasteiger partial charge in [-0.15, -0.1) is 0 Å². The predicted octanol–water partition coefficient (Wildman–Crippen LogP) is 2.40. The third kappa shape index (κ3) is 20.3. The number of hydrogen-bond acceptors (Lipinski definition) is 2. The van der Waals surface area contributed by atoms with Gasteiger partial charge >= 0.3 is 61.0 Å². The predicted molar refractivity (Wildman–Crippen MR) is 42.4 cm³/mol. The maximum Gasteiger partial charge on any atom is 0.490 e. The molecule has 0 fully saturated rings. The van der Waals surface area contributed by atoms with Gasteiger partial charge in [0.15, 0.2) is 0 Å². The van der Waals surface area contributed by atoms with Gasteiger partial charge in [0.05, 0.1) is 0 Å². The molecule has 0 aromatic heterocycles. The van der Waals surface area contributed by atoms with E-state index in [4.69, 9.17) is 19.8 Å². The van der Waals surface area contributed by atoms with Crippen molar-refractivity contribution in [3.05, 3.63) is 12.7 Å². The van der Waals surface area contributed by atoms with Crippen LogP contribution in [0.15, 0.2) is 12.7 Å². The molecule has 0 saturated heterocycles. The molecule has 111 valence electrons. The molecule has 0 aromatic carbocycles. The molecule has 0 aliphatic heterocycles. The molecule has 0 bridgehead atoms. The Labute approximate surface area is 108 Å². The van der Waals surface area contributed by atoms with Crippen molar-refractivity contribution in [2.45, 2.75) is 17.2 Å². The average molecular weight is 376 g/mol. The number of halogens is 6. The van der Waals surface area contributed by atoms with Crippen LogP contribution in [0.25, 0.3) is 0 Å². The average Bonchev–Trinajstić information content (AvgIpc) is 2.16. The van der Waals surface area contributed by atoms with E-state index < -0.39 is 24.3 Å². The number of rotatable bonds is 1. The zero-order valence-corrected chi connectivity index (χ0v) is 9.84. The summed E-state index contributed by atoms with van der Waals surface area (Å²) in [6, 6.07) is 0. The summed E-state index contributed by atoms with van der Waals surface area (Å²) in [6.07, 6.45) is -8.36. The number of allylic oxidation sites excluding steroid dienone is 1. The molecule has 11 heteroatoms. The van der Waals surface area contributed by atoms with Gasteiger partial charge in [0.25, 0.3) is 0 Å². The number of alkyl halides is 6. The minimum atomic E-state index is -5.08. The Balaban J connectivity index is -0.000000196. The van der Waals surface area contributed by atoms with Crippen LogP contribution >= 0.6 is 0 Å². The van der Waals surface area contributed by atoms with Crippen molar-refractivity contribution in [3.63, 3.8) is 0 Å². The van der Waals surface area contributed by atoms with Crippen molar-refractivity contribution in [2.75, 3.05) is 0 Å².